The minimum atomic E-state index is -1.24. The molecule has 0 fully saturated rings. The van der Waals surface area contributed by atoms with Crippen LogP contribution in [0.5, 0.6) is 0 Å². The second kappa shape index (κ2) is 8.92. The topological polar surface area (TPSA) is 111 Å². The second-order valence-electron chi connectivity index (χ2n) is 8.22. The van der Waals surface area contributed by atoms with Crippen molar-refractivity contribution < 1.29 is 28.2 Å². The fourth-order valence-electron chi connectivity index (χ4n) is 3.64. The van der Waals surface area contributed by atoms with Crippen molar-refractivity contribution in [1.82, 2.24) is 15.3 Å². The Labute approximate surface area is 193 Å². The van der Waals surface area contributed by atoms with Gasteiger partial charge in [0.25, 0.3) is 0 Å². The molecule has 2 heterocycles. The number of nitrogens with one attached hydrogen (secondary N) is 2. The number of aromatic nitrogens is 2. The van der Waals surface area contributed by atoms with Gasteiger partial charge in [0.15, 0.2) is 5.82 Å². The van der Waals surface area contributed by atoms with Crippen molar-refractivity contribution in [1.29, 1.82) is 0 Å². The summed E-state index contributed by atoms with van der Waals surface area (Å²) in [6.45, 7) is 2.16. The summed E-state index contributed by atoms with van der Waals surface area (Å²) in [7, 11) is 0. The van der Waals surface area contributed by atoms with Gasteiger partial charge >= 0.3 is 6.03 Å². The van der Waals surface area contributed by atoms with Crippen molar-refractivity contribution in [3.05, 3.63) is 65.0 Å². The van der Waals surface area contributed by atoms with E-state index in [4.69, 9.17) is 0 Å². The molecule has 11 heteroatoms. The number of benzene rings is 2. The van der Waals surface area contributed by atoms with E-state index in [2.05, 4.69) is 20.6 Å². The lowest BCUT2D eigenvalue weighted by atomic mass is 10.00. The van der Waals surface area contributed by atoms with E-state index in [0.717, 1.165) is 17.0 Å². The van der Waals surface area contributed by atoms with Gasteiger partial charge in [-0.25, -0.2) is 27.8 Å². The molecule has 1 aliphatic heterocycles. The van der Waals surface area contributed by atoms with E-state index < -0.39 is 47.9 Å². The zero-order valence-corrected chi connectivity index (χ0v) is 18.4. The molecule has 178 valence electrons. The molecular formula is C23H22F3N5O3. The van der Waals surface area contributed by atoms with Crippen molar-refractivity contribution in [2.75, 3.05) is 23.4 Å². The molecule has 0 radical (unpaired) electrons. The molecule has 0 saturated heterocycles. The molecule has 4 rings (SSSR count). The number of rotatable bonds is 6. The minimum absolute atomic E-state index is 0.0512. The third-order valence-electron chi connectivity index (χ3n) is 5.53. The number of carbonyl (C=O) groups is 1. The summed E-state index contributed by atoms with van der Waals surface area (Å²) in [5.41, 5.74) is -0.210. The zero-order valence-electron chi connectivity index (χ0n) is 18.4. The van der Waals surface area contributed by atoms with Gasteiger partial charge in [0.2, 0.25) is 5.95 Å². The average Bonchev–Trinajstić information content (AvgIpc) is 2.80. The maximum atomic E-state index is 14.7. The van der Waals surface area contributed by atoms with E-state index in [1.165, 1.54) is 31.2 Å². The third-order valence-corrected chi connectivity index (χ3v) is 5.53. The number of anilines is 3. The number of fused-ring (bicyclic) bond motifs is 1. The Morgan fingerprint density at radius 1 is 1.12 bits per heavy atom. The van der Waals surface area contributed by atoms with Crippen LogP contribution in [-0.4, -0.2) is 45.0 Å². The number of amides is 2. The Morgan fingerprint density at radius 3 is 2.41 bits per heavy atom. The summed E-state index contributed by atoms with van der Waals surface area (Å²) in [6, 6.07) is 6.43. The van der Waals surface area contributed by atoms with E-state index in [1.54, 1.807) is 6.92 Å². The molecular weight excluding hydrogens is 451 g/mol. The fraction of sp³-hybridized carbons (Fsp3) is 0.261. The van der Waals surface area contributed by atoms with Crippen LogP contribution in [0.3, 0.4) is 0 Å². The number of hydrogen-bond acceptors (Lipinski definition) is 6. The number of aliphatic hydroxyl groups is 2. The zero-order chi connectivity index (χ0) is 24.6. The van der Waals surface area contributed by atoms with Gasteiger partial charge in [-0.2, -0.15) is 4.98 Å². The standard InChI is InChI=1S/C23H22F3N5O3/c1-12-8-13(24)6-7-14(12)18-15-9-27-22(34)31(19-16(25)4-3-5-17(19)26)20(15)29-21(28-18)30-23(2,10-32)11-33/h3-8,32-33H,9-11H2,1-2H3,(H,27,34)(H,28,29,30). The molecule has 1 aliphatic rings. The summed E-state index contributed by atoms with van der Waals surface area (Å²) in [5.74, 6) is -2.63. The van der Waals surface area contributed by atoms with Gasteiger partial charge in [0.05, 0.1) is 31.0 Å². The highest BCUT2D eigenvalue weighted by Gasteiger charge is 2.35. The maximum Gasteiger partial charge on any atom is 0.328 e. The first-order valence-corrected chi connectivity index (χ1v) is 10.4. The van der Waals surface area contributed by atoms with Gasteiger partial charge in [-0.1, -0.05) is 6.07 Å². The predicted octanol–water partition coefficient (Wildman–Crippen LogP) is 3.39. The normalized spacial score (nSPS) is 13.5. The second-order valence-corrected chi connectivity index (χ2v) is 8.22. The first kappa shape index (κ1) is 23.5. The van der Waals surface area contributed by atoms with Gasteiger partial charge in [-0.05, 0) is 49.7 Å². The number of hydrogen-bond donors (Lipinski definition) is 4. The lowest BCUT2D eigenvalue weighted by molar-refractivity contribution is 0.147. The number of halogens is 3. The quantitative estimate of drug-likeness (QED) is 0.437. The third kappa shape index (κ3) is 4.15. The molecule has 2 aromatic carbocycles. The summed E-state index contributed by atoms with van der Waals surface area (Å²) in [4.78, 5) is 22.4. The van der Waals surface area contributed by atoms with Gasteiger partial charge in [0.1, 0.15) is 23.1 Å². The summed E-state index contributed by atoms with van der Waals surface area (Å²) in [5, 5.41) is 24.8. The molecule has 0 spiro atoms. The summed E-state index contributed by atoms with van der Waals surface area (Å²) >= 11 is 0. The molecule has 8 nitrogen and oxygen atoms in total. The average molecular weight is 473 g/mol. The Balaban J connectivity index is 2.00. The van der Waals surface area contributed by atoms with Crippen LogP contribution in [0.25, 0.3) is 11.3 Å². The smallest absolute Gasteiger partial charge is 0.328 e. The molecule has 0 saturated carbocycles. The van der Waals surface area contributed by atoms with Crippen LogP contribution >= 0.6 is 0 Å². The van der Waals surface area contributed by atoms with E-state index in [9.17, 15) is 28.2 Å². The number of urea groups is 1. The van der Waals surface area contributed by atoms with Crippen LogP contribution in [0.15, 0.2) is 36.4 Å². The molecule has 1 aromatic heterocycles. The van der Waals surface area contributed by atoms with E-state index in [1.807, 2.05) is 0 Å². The highest BCUT2D eigenvalue weighted by molar-refractivity contribution is 6.02. The SMILES string of the molecule is Cc1cc(F)ccc1-c1nc(NC(C)(CO)CO)nc2c1CNC(=O)N2c1c(F)cccc1F. The highest BCUT2D eigenvalue weighted by Crippen LogP contribution is 2.39. The molecule has 34 heavy (non-hydrogen) atoms. The largest absolute Gasteiger partial charge is 0.394 e. The van der Waals surface area contributed by atoms with Crippen molar-refractivity contribution >= 4 is 23.5 Å². The van der Waals surface area contributed by atoms with Crippen LogP contribution in [0.2, 0.25) is 0 Å². The van der Waals surface area contributed by atoms with Gasteiger partial charge in [-0.15, -0.1) is 0 Å². The van der Waals surface area contributed by atoms with Crippen LogP contribution in [0.4, 0.5) is 35.4 Å². The minimum Gasteiger partial charge on any atom is -0.394 e. The van der Waals surface area contributed by atoms with Crippen molar-refractivity contribution in [3.8, 4) is 11.3 Å². The van der Waals surface area contributed by atoms with Crippen molar-refractivity contribution in [2.24, 2.45) is 0 Å². The number of carbonyl (C=O) groups excluding carboxylic acids is 1. The van der Waals surface area contributed by atoms with Crippen LogP contribution < -0.4 is 15.5 Å². The van der Waals surface area contributed by atoms with Gasteiger partial charge < -0.3 is 20.8 Å². The molecule has 0 unspecified atom stereocenters. The molecule has 0 bridgehead atoms. The van der Waals surface area contributed by atoms with Crippen molar-refractivity contribution in [3.63, 3.8) is 0 Å². The Hall–Kier alpha value is -3.70. The fourth-order valence-corrected chi connectivity index (χ4v) is 3.64. The monoisotopic (exact) mass is 473 g/mol. The highest BCUT2D eigenvalue weighted by atomic mass is 19.1. The Bertz CT molecular complexity index is 1250. The molecule has 0 atom stereocenters. The van der Waals surface area contributed by atoms with Crippen LogP contribution in [0, 0.1) is 24.4 Å². The van der Waals surface area contributed by atoms with Crippen molar-refractivity contribution in [2.45, 2.75) is 25.9 Å². The summed E-state index contributed by atoms with van der Waals surface area (Å²) in [6.07, 6.45) is 0. The number of aliphatic hydroxyl groups excluding tert-OH is 2. The van der Waals surface area contributed by atoms with Crippen LogP contribution in [0.1, 0.15) is 18.1 Å². The van der Waals surface area contributed by atoms with Crippen LogP contribution in [-0.2, 0) is 6.54 Å². The first-order valence-electron chi connectivity index (χ1n) is 10.4. The molecule has 3 aromatic rings. The number of para-hydroxylation sites is 1. The maximum absolute atomic E-state index is 14.7. The summed E-state index contributed by atoms with van der Waals surface area (Å²) < 4.78 is 43.1. The lowest BCUT2D eigenvalue weighted by Gasteiger charge is -2.32. The van der Waals surface area contributed by atoms with Gasteiger partial charge in [0, 0.05) is 11.1 Å². The molecule has 4 N–H and O–H groups in total. The van der Waals surface area contributed by atoms with E-state index in [-0.39, 0.29) is 24.0 Å². The Morgan fingerprint density at radius 2 is 1.79 bits per heavy atom. The predicted molar refractivity (Wildman–Crippen MR) is 119 cm³/mol. The number of aryl methyl sites for hydroxylation is 1. The lowest BCUT2D eigenvalue weighted by Crippen LogP contribution is -2.45. The first-order chi connectivity index (χ1) is 16.2. The number of nitrogens with zero attached hydrogens (tertiary/aromatic N) is 3. The Kier molecular flexibility index (Phi) is 6.15. The van der Waals surface area contributed by atoms with Gasteiger partial charge in [-0.3, -0.25) is 0 Å². The molecule has 0 aliphatic carbocycles. The van der Waals surface area contributed by atoms with E-state index in [0.29, 0.717) is 16.7 Å². The van der Waals surface area contributed by atoms with E-state index >= 15 is 0 Å². The molecule has 2 amide bonds.